The van der Waals surface area contributed by atoms with Gasteiger partial charge >= 0.3 is 12.0 Å². The Morgan fingerprint density at radius 1 is 1.37 bits per heavy atom. The van der Waals surface area contributed by atoms with Crippen LogP contribution in [0.15, 0.2) is 24.3 Å². The molecule has 0 unspecified atom stereocenters. The van der Waals surface area contributed by atoms with Gasteiger partial charge in [0.05, 0.1) is 5.92 Å². The van der Waals surface area contributed by atoms with Crippen molar-refractivity contribution in [2.45, 2.75) is 19.8 Å². The molecule has 1 aromatic carbocycles. The van der Waals surface area contributed by atoms with Crippen LogP contribution in [0.1, 0.15) is 25.3 Å². The summed E-state index contributed by atoms with van der Waals surface area (Å²) in [5, 5.41) is 11.6. The summed E-state index contributed by atoms with van der Waals surface area (Å²) < 4.78 is 0. The van der Waals surface area contributed by atoms with Crippen molar-refractivity contribution in [2.24, 2.45) is 5.92 Å². The first-order chi connectivity index (χ1) is 8.97. The van der Waals surface area contributed by atoms with Crippen LogP contribution in [-0.2, 0) is 4.79 Å². The van der Waals surface area contributed by atoms with Crippen LogP contribution in [0, 0.1) is 5.92 Å². The second kappa shape index (κ2) is 5.30. The molecule has 1 aliphatic heterocycles. The van der Waals surface area contributed by atoms with Gasteiger partial charge in [-0.1, -0.05) is 26.0 Å². The van der Waals surface area contributed by atoms with Gasteiger partial charge in [-0.05, 0) is 23.6 Å². The van der Waals surface area contributed by atoms with Gasteiger partial charge in [0.2, 0.25) is 0 Å². The Hall–Kier alpha value is -2.04. The van der Waals surface area contributed by atoms with Gasteiger partial charge in [-0.2, -0.15) is 0 Å². The fourth-order valence-electron chi connectivity index (χ4n) is 1.98. The highest BCUT2D eigenvalue weighted by Crippen LogP contribution is 2.21. The van der Waals surface area contributed by atoms with Crippen LogP contribution < -0.4 is 5.32 Å². The lowest BCUT2D eigenvalue weighted by Crippen LogP contribution is -2.54. The fourth-order valence-corrected chi connectivity index (χ4v) is 1.98. The molecule has 5 heteroatoms. The molecule has 0 aliphatic carbocycles. The second-order valence-corrected chi connectivity index (χ2v) is 5.15. The summed E-state index contributed by atoms with van der Waals surface area (Å²) in [5.41, 5.74) is 1.90. The lowest BCUT2D eigenvalue weighted by molar-refractivity contribution is -0.145. The average Bonchev–Trinajstić information content (AvgIpc) is 2.26. The van der Waals surface area contributed by atoms with Crippen LogP contribution in [0.3, 0.4) is 0 Å². The molecule has 19 heavy (non-hydrogen) atoms. The maximum absolute atomic E-state index is 11.9. The molecular weight excluding hydrogens is 244 g/mol. The number of carboxylic acids is 1. The number of amides is 2. The molecule has 1 aliphatic rings. The SMILES string of the molecule is CC(C)c1cccc(NC(=O)N2CC(C(=O)O)C2)c1. The number of nitrogens with zero attached hydrogens (tertiary/aromatic N) is 1. The van der Waals surface area contributed by atoms with Gasteiger partial charge < -0.3 is 15.3 Å². The van der Waals surface area contributed by atoms with E-state index in [1.165, 1.54) is 4.90 Å². The third-order valence-electron chi connectivity index (χ3n) is 3.32. The van der Waals surface area contributed by atoms with E-state index >= 15 is 0 Å². The van der Waals surface area contributed by atoms with E-state index in [4.69, 9.17) is 5.11 Å². The number of hydrogen-bond acceptors (Lipinski definition) is 2. The molecule has 0 atom stereocenters. The van der Waals surface area contributed by atoms with Crippen LogP contribution >= 0.6 is 0 Å². The standard InChI is InChI=1S/C14H18N2O3/c1-9(2)10-4-3-5-12(6-10)15-14(19)16-7-11(8-16)13(17)18/h3-6,9,11H,7-8H2,1-2H3,(H,15,19)(H,17,18). The van der Waals surface area contributed by atoms with Crippen LogP contribution in [0.2, 0.25) is 0 Å². The Balaban J connectivity index is 1.93. The normalized spacial score (nSPS) is 15.2. The number of carbonyl (C=O) groups excluding carboxylic acids is 1. The van der Waals surface area contributed by atoms with Crippen molar-refractivity contribution in [3.8, 4) is 0 Å². The zero-order chi connectivity index (χ0) is 14.0. The minimum absolute atomic E-state index is 0.238. The first kappa shape index (κ1) is 13.4. The van der Waals surface area contributed by atoms with Crippen molar-refractivity contribution in [3.05, 3.63) is 29.8 Å². The number of nitrogens with one attached hydrogen (secondary N) is 1. The van der Waals surface area contributed by atoms with Crippen LogP contribution in [0.5, 0.6) is 0 Å². The Bertz CT molecular complexity index is 493. The number of carbonyl (C=O) groups is 2. The molecule has 1 fully saturated rings. The monoisotopic (exact) mass is 262 g/mol. The smallest absolute Gasteiger partial charge is 0.321 e. The molecule has 1 heterocycles. The molecule has 5 nitrogen and oxygen atoms in total. The van der Waals surface area contributed by atoms with Crippen molar-refractivity contribution in [2.75, 3.05) is 18.4 Å². The fraction of sp³-hybridized carbons (Fsp3) is 0.429. The van der Waals surface area contributed by atoms with E-state index in [-0.39, 0.29) is 19.1 Å². The Kier molecular flexibility index (Phi) is 3.74. The van der Waals surface area contributed by atoms with E-state index in [1.54, 1.807) is 0 Å². The first-order valence-corrected chi connectivity index (χ1v) is 6.36. The van der Waals surface area contributed by atoms with Crippen molar-refractivity contribution in [1.29, 1.82) is 0 Å². The molecule has 2 rings (SSSR count). The minimum atomic E-state index is -0.842. The lowest BCUT2D eigenvalue weighted by atomic mass is 10.0. The van der Waals surface area contributed by atoms with E-state index in [9.17, 15) is 9.59 Å². The molecule has 2 N–H and O–H groups in total. The van der Waals surface area contributed by atoms with Crippen LogP contribution in [0.25, 0.3) is 0 Å². The Labute approximate surface area is 112 Å². The van der Waals surface area contributed by atoms with Crippen molar-refractivity contribution >= 4 is 17.7 Å². The molecule has 0 aromatic heterocycles. The Morgan fingerprint density at radius 2 is 2.05 bits per heavy atom. The zero-order valence-corrected chi connectivity index (χ0v) is 11.1. The summed E-state index contributed by atoms with van der Waals surface area (Å²) in [4.78, 5) is 24.0. The van der Waals surface area contributed by atoms with Crippen molar-refractivity contribution in [1.82, 2.24) is 4.90 Å². The number of anilines is 1. The van der Waals surface area contributed by atoms with Crippen LogP contribution in [0.4, 0.5) is 10.5 Å². The summed E-state index contributed by atoms with van der Waals surface area (Å²) in [7, 11) is 0. The molecule has 2 amide bonds. The largest absolute Gasteiger partial charge is 0.481 e. The first-order valence-electron chi connectivity index (χ1n) is 6.36. The quantitative estimate of drug-likeness (QED) is 0.878. The number of aliphatic carboxylic acids is 1. The van der Waals surface area contributed by atoms with Gasteiger partial charge in [0.15, 0.2) is 0 Å². The van der Waals surface area contributed by atoms with Crippen molar-refractivity contribution < 1.29 is 14.7 Å². The summed E-state index contributed by atoms with van der Waals surface area (Å²) in [5.74, 6) is -0.865. The van der Waals surface area contributed by atoms with Gasteiger partial charge in [0, 0.05) is 18.8 Å². The van der Waals surface area contributed by atoms with Gasteiger partial charge in [0.1, 0.15) is 0 Å². The number of benzene rings is 1. The maximum atomic E-state index is 11.9. The van der Waals surface area contributed by atoms with E-state index in [2.05, 4.69) is 19.2 Å². The van der Waals surface area contributed by atoms with Gasteiger partial charge in [-0.3, -0.25) is 4.79 Å². The van der Waals surface area contributed by atoms with Crippen LogP contribution in [-0.4, -0.2) is 35.1 Å². The summed E-state index contributed by atoms with van der Waals surface area (Å²) in [6.07, 6.45) is 0. The highest BCUT2D eigenvalue weighted by atomic mass is 16.4. The third kappa shape index (κ3) is 3.05. The summed E-state index contributed by atoms with van der Waals surface area (Å²) in [6, 6.07) is 7.46. The third-order valence-corrected chi connectivity index (χ3v) is 3.32. The molecule has 0 bridgehead atoms. The van der Waals surface area contributed by atoms with Gasteiger partial charge in [-0.15, -0.1) is 0 Å². The highest BCUT2D eigenvalue weighted by molar-refractivity contribution is 5.91. The maximum Gasteiger partial charge on any atom is 0.321 e. The predicted molar refractivity (Wildman–Crippen MR) is 72.2 cm³/mol. The topological polar surface area (TPSA) is 69.6 Å². The number of urea groups is 1. The number of hydrogen-bond donors (Lipinski definition) is 2. The number of rotatable bonds is 3. The summed E-state index contributed by atoms with van der Waals surface area (Å²) >= 11 is 0. The van der Waals surface area contributed by atoms with E-state index in [1.807, 2.05) is 24.3 Å². The number of carboxylic acid groups (broad SMARTS) is 1. The van der Waals surface area contributed by atoms with Crippen molar-refractivity contribution in [3.63, 3.8) is 0 Å². The molecule has 1 saturated heterocycles. The lowest BCUT2D eigenvalue weighted by Gasteiger charge is -2.36. The van der Waals surface area contributed by atoms with E-state index < -0.39 is 11.9 Å². The van der Waals surface area contributed by atoms with E-state index in [0.29, 0.717) is 5.92 Å². The molecule has 0 radical (unpaired) electrons. The average molecular weight is 262 g/mol. The Morgan fingerprint density at radius 3 is 2.63 bits per heavy atom. The minimum Gasteiger partial charge on any atom is -0.481 e. The highest BCUT2D eigenvalue weighted by Gasteiger charge is 2.35. The molecule has 1 aromatic rings. The summed E-state index contributed by atoms with van der Waals surface area (Å²) in [6.45, 7) is 4.75. The van der Waals surface area contributed by atoms with Gasteiger partial charge in [-0.25, -0.2) is 4.79 Å². The van der Waals surface area contributed by atoms with E-state index in [0.717, 1.165) is 11.3 Å². The molecular formula is C14H18N2O3. The van der Waals surface area contributed by atoms with Gasteiger partial charge in [0.25, 0.3) is 0 Å². The molecule has 0 spiro atoms. The molecule has 0 saturated carbocycles. The predicted octanol–water partition coefficient (Wildman–Crippen LogP) is 2.36. The molecule has 102 valence electrons. The number of likely N-dealkylation sites (tertiary alicyclic amines) is 1. The second-order valence-electron chi connectivity index (χ2n) is 5.15. The zero-order valence-electron chi connectivity index (χ0n) is 11.1.